The second-order valence-electron chi connectivity index (χ2n) is 16.7. The van der Waals surface area contributed by atoms with Gasteiger partial charge in [-0.25, -0.2) is 4.39 Å². The molecule has 0 saturated heterocycles. The maximum atomic E-state index is 16.3. The largest absolute Gasteiger partial charge is 0.507 e. The van der Waals surface area contributed by atoms with Gasteiger partial charge in [0.1, 0.15) is 36.1 Å². The number of aliphatic hydroxyl groups is 2. The summed E-state index contributed by atoms with van der Waals surface area (Å²) in [6, 6.07) is 19.5. The SMILES string of the molecule is CN(C)[C@@H]1c2onc(OCc3ccccc3)c2C(=O)[C@@]2(O[Si](C)(C)C(C)(C)C)C(=O)C3=C(O)c4c(c(F)cc(/C=C/CO)c4OCc4ccccc4)C[C@H]3C[C@@H]12. The van der Waals surface area contributed by atoms with Crippen molar-refractivity contribution in [3.8, 4) is 11.6 Å². The van der Waals surface area contributed by atoms with Crippen LogP contribution in [0.2, 0.25) is 18.1 Å². The molecule has 0 unspecified atom stereocenters. The van der Waals surface area contributed by atoms with Gasteiger partial charge in [-0.2, -0.15) is 0 Å². The first-order valence-corrected chi connectivity index (χ1v) is 21.9. The van der Waals surface area contributed by atoms with Crippen LogP contribution in [0.4, 0.5) is 4.39 Å². The third kappa shape index (κ3) is 6.61. The number of halogens is 1. The third-order valence-corrected chi connectivity index (χ3v) is 16.3. The molecule has 56 heavy (non-hydrogen) atoms. The summed E-state index contributed by atoms with van der Waals surface area (Å²) in [6.07, 6.45) is 3.22. The Bertz CT molecular complexity index is 2210. The Hall–Kier alpha value is -4.88. The maximum absolute atomic E-state index is 16.3. The number of carbonyl (C=O) groups excluding carboxylic acids is 2. The van der Waals surface area contributed by atoms with E-state index in [2.05, 4.69) is 5.16 Å². The molecule has 0 amide bonds. The number of carbonyl (C=O) groups is 2. The monoisotopic (exact) mass is 780 g/mol. The van der Waals surface area contributed by atoms with Crippen LogP contribution in [0.5, 0.6) is 11.6 Å². The van der Waals surface area contributed by atoms with E-state index in [1.54, 1.807) is 0 Å². The summed E-state index contributed by atoms with van der Waals surface area (Å²) in [7, 11) is 0.720. The molecule has 1 aromatic heterocycles. The molecule has 7 rings (SSSR count). The minimum atomic E-state index is -2.97. The Balaban J connectivity index is 1.43. The lowest BCUT2D eigenvalue weighted by Gasteiger charge is -2.55. The number of ether oxygens (including phenoxy) is 2. The van der Waals surface area contributed by atoms with E-state index in [-0.39, 0.29) is 77.9 Å². The molecule has 12 heteroatoms. The first-order chi connectivity index (χ1) is 26.6. The van der Waals surface area contributed by atoms with Crippen LogP contribution in [0.15, 0.2) is 82.9 Å². The van der Waals surface area contributed by atoms with E-state index in [0.717, 1.165) is 11.1 Å². The molecule has 3 aliphatic rings. The van der Waals surface area contributed by atoms with E-state index >= 15 is 14.0 Å². The van der Waals surface area contributed by atoms with Crippen LogP contribution in [0.3, 0.4) is 0 Å². The van der Waals surface area contributed by atoms with E-state index in [4.69, 9.17) is 18.4 Å². The first kappa shape index (κ1) is 39.4. The molecule has 2 N–H and O–H groups in total. The molecule has 3 aliphatic carbocycles. The Morgan fingerprint density at radius 3 is 2.20 bits per heavy atom. The molecule has 3 aromatic carbocycles. The Morgan fingerprint density at radius 2 is 1.61 bits per heavy atom. The van der Waals surface area contributed by atoms with Gasteiger partial charge in [-0.3, -0.25) is 14.5 Å². The van der Waals surface area contributed by atoms with Gasteiger partial charge in [-0.1, -0.05) is 93.6 Å². The number of hydrogen-bond donors (Lipinski definition) is 2. The predicted octanol–water partition coefficient (Wildman–Crippen LogP) is 8.27. The second kappa shape index (κ2) is 14.9. The number of fused-ring (bicyclic) bond motifs is 4. The van der Waals surface area contributed by atoms with E-state index in [1.807, 2.05) is 114 Å². The minimum Gasteiger partial charge on any atom is -0.507 e. The number of Topliss-reactive ketones (excluding diaryl/α,β-unsaturated/α-hetero) is 2. The molecule has 0 spiro atoms. The van der Waals surface area contributed by atoms with Crippen molar-refractivity contribution in [2.45, 2.75) is 76.6 Å². The van der Waals surface area contributed by atoms with Crippen molar-refractivity contribution >= 4 is 31.7 Å². The fraction of sp³-hybridized carbons (Fsp3) is 0.386. The molecular weight excluding hydrogens is 732 g/mol. The van der Waals surface area contributed by atoms with Gasteiger partial charge in [0, 0.05) is 22.6 Å². The van der Waals surface area contributed by atoms with Crippen LogP contribution < -0.4 is 9.47 Å². The number of hydrogen-bond acceptors (Lipinski definition) is 10. The van der Waals surface area contributed by atoms with Crippen molar-refractivity contribution in [3.05, 3.63) is 123 Å². The van der Waals surface area contributed by atoms with Gasteiger partial charge in [-0.15, -0.1) is 0 Å². The standard InChI is InChI=1S/C44H49FN2O8Si/c1-43(2,3)56(6,7)55-44-31(36(47(4)5)39-35(41(44)51)42(46-54-39)53-25-27-17-12-9-13-18-27)22-29-21-30-32(45)23-28(19-14-20-48)38(34(30)37(49)33(29)40(44)50)52-24-26-15-10-8-11-16-26/h8-19,23,29,31,36,48-49H,20-22,24-25H2,1-7H3/b19-14+/t29-,31-,36-,44-/m0/s1. The lowest BCUT2D eigenvalue weighted by molar-refractivity contribution is -0.140. The molecule has 0 bridgehead atoms. The van der Waals surface area contributed by atoms with E-state index < -0.39 is 60.0 Å². The summed E-state index contributed by atoms with van der Waals surface area (Å²) in [5, 5.41) is 25.9. The van der Waals surface area contributed by atoms with E-state index in [9.17, 15) is 10.2 Å². The molecule has 0 aliphatic heterocycles. The highest BCUT2D eigenvalue weighted by atomic mass is 28.4. The van der Waals surface area contributed by atoms with Crippen LogP contribution in [0.1, 0.15) is 77.2 Å². The Kier molecular flexibility index (Phi) is 10.5. The lowest BCUT2D eigenvalue weighted by atomic mass is 9.57. The smallest absolute Gasteiger partial charge is 0.265 e. The minimum absolute atomic E-state index is 0.00257. The van der Waals surface area contributed by atoms with E-state index in [1.165, 1.54) is 18.2 Å². The highest BCUT2D eigenvalue weighted by Gasteiger charge is 2.69. The maximum Gasteiger partial charge on any atom is 0.265 e. The normalized spacial score (nSPS) is 22.2. The fourth-order valence-corrected chi connectivity index (χ4v) is 9.62. The molecule has 4 atom stereocenters. The van der Waals surface area contributed by atoms with Crippen molar-refractivity contribution in [1.29, 1.82) is 0 Å². The van der Waals surface area contributed by atoms with Crippen LogP contribution in [-0.4, -0.2) is 66.5 Å². The van der Waals surface area contributed by atoms with Crippen molar-refractivity contribution in [3.63, 3.8) is 0 Å². The predicted molar refractivity (Wildman–Crippen MR) is 212 cm³/mol. The van der Waals surface area contributed by atoms with Crippen LogP contribution in [0, 0.1) is 17.7 Å². The zero-order valence-corrected chi connectivity index (χ0v) is 33.9. The lowest BCUT2D eigenvalue weighted by Crippen LogP contribution is -2.68. The summed E-state index contributed by atoms with van der Waals surface area (Å²) >= 11 is 0. The van der Waals surface area contributed by atoms with Crippen LogP contribution in [-0.2, 0) is 28.9 Å². The van der Waals surface area contributed by atoms with Gasteiger partial charge >= 0.3 is 0 Å². The molecule has 0 radical (unpaired) electrons. The fourth-order valence-electron chi connectivity index (χ4n) is 8.17. The third-order valence-electron chi connectivity index (χ3n) is 11.9. The number of ketones is 2. The number of aromatic nitrogens is 1. The Labute approximate surface area is 327 Å². The van der Waals surface area contributed by atoms with Gasteiger partial charge in [0.05, 0.1) is 18.2 Å². The van der Waals surface area contributed by atoms with Gasteiger partial charge in [0.2, 0.25) is 11.6 Å². The van der Waals surface area contributed by atoms with Crippen molar-refractivity contribution in [1.82, 2.24) is 10.1 Å². The second-order valence-corrected chi connectivity index (χ2v) is 21.4. The van der Waals surface area contributed by atoms with Crippen molar-refractivity contribution < 1.29 is 42.6 Å². The van der Waals surface area contributed by atoms with E-state index in [0.29, 0.717) is 0 Å². The molecule has 294 valence electrons. The molecule has 1 fully saturated rings. The van der Waals surface area contributed by atoms with Crippen molar-refractivity contribution in [2.75, 3.05) is 20.7 Å². The zero-order valence-electron chi connectivity index (χ0n) is 32.9. The summed E-state index contributed by atoms with van der Waals surface area (Å²) in [4.78, 5) is 33.1. The van der Waals surface area contributed by atoms with Crippen molar-refractivity contribution in [2.24, 2.45) is 11.8 Å². The van der Waals surface area contributed by atoms with Crippen LogP contribution in [0.25, 0.3) is 11.8 Å². The molecule has 1 saturated carbocycles. The number of nitrogens with zero attached hydrogens (tertiary/aromatic N) is 2. The van der Waals surface area contributed by atoms with Gasteiger partial charge in [-0.05, 0) is 73.3 Å². The summed E-state index contributed by atoms with van der Waals surface area (Å²) in [5.41, 5.74) is 0.136. The number of benzene rings is 3. The summed E-state index contributed by atoms with van der Waals surface area (Å²) in [6.45, 7) is 9.95. The van der Waals surface area contributed by atoms with Gasteiger partial charge in [0.15, 0.2) is 19.7 Å². The first-order valence-electron chi connectivity index (χ1n) is 19.0. The molecule has 1 heterocycles. The zero-order chi connectivity index (χ0) is 40.2. The van der Waals surface area contributed by atoms with Gasteiger partial charge in [0.25, 0.3) is 5.88 Å². The average Bonchev–Trinajstić information content (AvgIpc) is 3.57. The summed E-state index contributed by atoms with van der Waals surface area (Å²) < 4.78 is 41.9. The van der Waals surface area contributed by atoms with Gasteiger partial charge < -0.3 is 28.6 Å². The quantitative estimate of drug-likeness (QED) is 0.113. The Morgan fingerprint density at radius 1 is 0.982 bits per heavy atom. The molecular formula is C44H49FN2O8Si. The average molecular weight is 781 g/mol. The summed E-state index contributed by atoms with van der Waals surface area (Å²) in [5.74, 6) is -3.42. The highest BCUT2D eigenvalue weighted by Crippen LogP contribution is 2.59. The van der Waals surface area contributed by atoms with Crippen LogP contribution >= 0.6 is 0 Å². The number of aliphatic hydroxyl groups excluding tert-OH is 2. The highest BCUT2D eigenvalue weighted by molar-refractivity contribution is 6.74. The molecule has 4 aromatic rings. The topological polar surface area (TPSA) is 132 Å². The molecule has 10 nitrogen and oxygen atoms in total. The number of rotatable bonds is 11.